The Labute approximate surface area is 98.0 Å². The topological polar surface area (TPSA) is 56.7 Å². The van der Waals surface area contributed by atoms with Gasteiger partial charge in [-0.1, -0.05) is 11.6 Å². The lowest BCUT2D eigenvalue weighted by Gasteiger charge is -2.05. The number of nitrogens with zero attached hydrogens (tertiary/aromatic N) is 3. The molecule has 1 aromatic heterocycles. The van der Waals surface area contributed by atoms with Gasteiger partial charge in [-0.2, -0.15) is 0 Å². The summed E-state index contributed by atoms with van der Waals surface area (Å²) in [6.45, 7) is 0.971. The fraction of sp³-hybridized carbons (Fsp3) is 0.273. The monoisotopic (exact) mass is 234 g/mol. The molecule has 0 unspecified atom stereocenters. The van der Waals surface area contributed by atoms with E-state index in [-0.39, 0.29) is 0 Å². The van der Waals surface area contributed by atoms with Crippen LogP contribution < -0.4 is 5.73 Å². The number of nitrogen functional groups attached to an aromatic ring is 1. The van der Waals surface area contributed by atoms with E-state index < -0.39 is 0 Å². The Hall–Kier alpha value is -1.55. The van der Waals surface area contributed by atoms with Crippen LogP contribution in [0.25, 0.3) is 11.4 Å². The van der Waals surface area contributed by atoms with Crippen molar-refractivity contribution in [3.63, 3.8) is 0 Å². The van der Waals surface area contributed by atoms with Crippen LogP contribution in [0.2, 0.25) is 5.02 Å². The predicted octanol–water partition coefficient (Wildman–Crippen LogP) is 2.13. The van der Waals surface area contributed by atoms with Crippen molar-refractivity contribution in [1.29, 1.82) is 0 Å². The summed E-state index contributed by atoms with van der Waals surface area (Å²) in [5.41, 5.74) is 7.23. The van der Waals surface area contributed by atoms with E-state index in [1.165, 1.54) is 0 Å². The van der Waals surface area contributed by atoms with E-state index in [0.29, 0.717) is 10.7 Å². The summed E-state index contributed by atoms with van der Waals surface area (Å²) in [4.78, 5) is 0. The van der Waals surface area contributed by atoms with Gasteiger partial charge in [0, 0.05) is 24.2 Å². The van der Waals surface area contributed by atoms with E-state index in [4.69, 9.17) is 17.3 Å². The maximum absolute atomic E-state index is 6.16. The molecule has 0 saturated heterocycles. The van der Waals surface area contributed by atoms with Crippen molar-refractivity contribution in [2.45, 2.75) is 19.4 Å². The fourth-order valence-electron chi connectivity index (χ4n) is 2.06. The van der Waals surface area contributed by atoms with E-state index in [0.717, 1.165) is 36.6 Å². The summed E-state index contributed by atoms with van der Waals surface area (Å²) in [5, 5.41) is 8.97. The molecule has 3 rings (SSSR count). The van der Waals surface area contributed by atoms with Gasteiger partial charge in [-0.3, -0.25) is 0 Å². The summed E-state index contributed by atoms with van der Waals surface area (Å²) in [7, 11) is 0. The Morgan fingerprint density at radius 3 is 3.00 bits per heavy atom. The molecule has 2 aromatic rings. The van der Waals surface area contributed by atoms with Gasteiger partial charge in [-0.05, 0) is 24.6 Å². The molecule has 0 atom stereocenters. The first-order valence-corrected chi connectivity index (χ1v) is 5.61. The highest BCUT2D eigenvalue weighted by Gasteiger charge is 2.19. The number of hydrogen-bond donors (Lipinski definition) is 1. The highest BCUT2D eigenvalue weighted by Crippen LogP contribution is 2.30. The van der Waals surface area contributed by atoms with E-state index in [2.05, 4.69) is 14.8 Å². The van der Waals surface area contributed by atoms with Crippen molar-refractivity contribution >= 4 is 17.3 Å². The van der Waals surface area contributed by atoms with Gasteiger partial charge < -0.3 is 10.3 Å². The number of hydrogen-bond acceptors (Lipinski definition) is 3. The van der Waals surface area contributed by atoms with E-state index in [1.807, 2.05) is 12.1 Å². The van der Waals surface area contributed by atoms with Crippen molar-refractivity contribution < 1.29 is 0 Å². The molecule has 2 N–H and O–H groups in total. The molecule has 0 fully saturated rings. The minimum absolute atomic E-state index is 0.627. The second-order valence-electron chi connectivity index (χ2n) is 3.93. The Morgan fingerprint density at radius 2 is 2.19 bits per heavy atom. The highest BCUT2D eigenvalue weighted by atomic mass is 35.5. The first-order valence-electron chi connectivity index (χ1n) is 5.23. The SMILES string of the molecule is Nc1ccc(-c2nnc3n2CCC3)c(Cl)c1. The van der Waals surface area contributed by atoms with Gasteiger partial charge in [0.25, 0.3) is 0 Å². The standard InChI is InChI=1S/C11H11ClN4/c12-9-6-7(13)3-4-8(9)11-15-14-10-2-1-5-16(10)11/h3-4,6H,1-2,5,13H2. The van der Waals surface area contributed by atoms with Gasteiger partial charge >= 0.3 is 0 Å². The molecule has 0 bridgehead atoms. The summed E-state index contributed by atoms with van der Waals surface area (Å²) >= 11 is 6.16. The van der Waals surface area contributed by atoms with Crippen LogP contribution in [0.4, 0.5) is 5.69 Å². The molecule has 0 radical (unpaired) electrons. The van der Waals surface area contributed by atoms with Crippen molar-refractivity contribution in [2.24, 2.45) is 0 Å². The Kier molecular flexibility index (Phi) is 2.11. The molecule has 16 heavy (non-hydrogen) atoms. The lowest BCUT2D eigenvalue weighted by Crippen LogP contribution is -1.97. The van der Waals surface area contributed by atoms with Crippen LogP contribution in [0, 0.1) is 0 Å². The number of aromatic nitrogens is 3. The van der Waals surface area contributed by atoms with Gasteiger partial charge in [0.05, 0.1) is 5.02 Å². The number of anilines is 1. The number of nitrogens with two attached hydrogens (primary N) is 1. The molecule has 1 aliphatic heterocycles. The van der Waals surface area contributed by atoms with Gasteiger partial charge in [0.2, 0.25) is 0 Å². The Bertz CT molecular complexity index is 547. The quantitative estimate of drug-likeness (QED) is 0.769. The molecular formula is C11H11ClN4. The van der Waals surface area contributed by atoms with Crippen molar-refractivity contribution in [3.8, 4) is 11.4 Å². The first kappa shape index (κ1) is 9.66. The molecule has 0 spiro atoms. The smallest absolute Gasteiger partial charge is 0.165 e. The third-order valence-corrected chi connectivity index (χ3v) is 3.16. The third-order valence-electron chi connectivity index (χ3n) is 2.84. The van der Waals surface area contributed by atoms with Gasteiger partial charge in [-0.15, -0.1) is 10.2 Å². The largest absolute Gasteiger partial charge is 0.399 e. The van der Waals surface area contributed by atoms with Crippen LogP contribution in [-0.4, -0.2) is 14.8 Å². The highest BCUT2D eigenvalue weighted by molar-refractivity contribution is 6.33. The molecule has 4 nitrogen and oxygen atoms in total. The molecule has 1 aliphatic rings. The van der Waals surface area contributed by atoms with Crippen LogP contribution >= 0.6 is 11.6 Å². The van der Waals surface area contributed by atoms with Gasteiger partial charge in [0.1, 0.15) is 5.82 Å². The second-order valence-corrected chi connectivity index (χ2v) is 4.34. The molecule has 0 saturated carbocycles. The fourth-order valence-corrected chi connectivity index (χ4v) is 2.34. The summed E-state index contributed by atoms with van der Waals surface area (Å²) in [5.74, 6) is 1.89. The number of benzene rings is 1. The van der Waals surface area contributed by atoms with E-state index >= 15 is 0 Å². The van der Waals surface area contributed by atoms with E-state index in [1.54, 1.807) is 6.07 Å². The van der Waals surface area contributed by atoms with Crippen LogP contribution in [0.1, 0.15) is 12.2 Å². The predicted molar refractivity (Wildman–Crippen MR) is 63.2 cm³/mol. The number of halogens is 1. The first-order chi connectivity index (χ1) is 7.75. The molecule has 0 amide bonds. The van der Waals surface area contributed by atoms with E-state index in [9.17, 15) is 0 Å². The maximum Gasteiger partial charge on any atom is 0.165 e. The summed E-state index contributed by atoms with van der Waals surface area (Å²) in [6, 6.07) is 5.47. The lowest BCUT2D eigenvalue weighted by atomic mass is 10.2. The van der Waals surface area contributed by atoms with Crippen LogP contribution in [-0.2, 0) is 13.0 Å². The lowest BCUT2D eigenvalue weighted by molar-refractivity contribution is 0.748. The average Bonchev–Trinajstić information content (AvgIpc) is 2.80. The van der Waals surface area contributed by atoms with Crippen molar-refractivity contribution in [2.75, 3.05) is 5.73 Å². The summed E-state index contributed by atoms with van der Waals surface area (Å²) < 4.78 is 2.12. The zero-order chi connectivity index (χ0) is 11.1. The minimum atomic E-state index is 0.627. The van der Waals surface area contributed by atoms with Crippen molar-refractivity contribution in [1.82, 2.24) is 14.8 Å². The molecular weight excluding hydrogens is 224 g/mol. The third kappa shape index (κ3) is 1.38. The number of aryl methyl sites for hydroxylation is 1. The number of fused-ring (bicyclic) bond motifs is 1. The molecule has 82 valence electrons. The van der Waals surface area contributed by atoms with Crippen LogP contribution in [0.15, 0.2) is 18.2 Å². The molecule has 2 heterocycles. The zero-order valence-electron chi connectivity index (χ0n) is 8.65. The van der Waals surface area contributed by atoms with Gasteiger partial charge in [0.15, 0.2) is 5.82 Å². The molecule has 1 aromatic carbocycles. The van der Waals surface area contributed by atoms with Gasteiger partial charge in [-0.25, -0.2) is 0 Å². The summed E-state index contributed by atoms with van der Waals surface area (Å²) in [6.07, 6.45) is 2.13. The Morgan fingerprint density at radius 1 is 1.31 bits per heavy atom. The average molecular weight is 235 g/mol. The van der Waals surface area contributed by atoms with Crippen molar-refractivity contribution in [3.05, 3.63) is 29.0 Å². The van der Waals surface area contributed by atoms with Crippen LogP contribution in [0.5, 0.6) is 0 Å². The number of rotatable bonds is 1. The second kappa shape index (κ2) is 3.49. The van der Waals surface area contributed by atoms with Crippen LogP contribution in [0.3, 0.4) is 0 Å². The zero-order valence-corrected chi connectivity index (χ0v) is 9.41. The molecule has 0 aliphatic carbocycles. The minimum Gasteiger partial charge on any atom is -0.399 e. The molecule has 5 heteroatoms. The normalized spacial score (nSPS) is 14.1. The Balaban J connectivity index is 2.15. The maximum atomic E-state index is 6.16.